The van der Waals surface area contributed by atoms with Gasteiger partial charge in [-0.05, 0) is 17.2 Å². The molecule has 3 aromatic carbocycles. The molecule has 0 aromatic heterocycles. The second kappa shape index (κ2) is 9.38. The molecule has 29 heavy (non-hydrogen) atoms. The first-order valence-electron chi connectivity index (χ1n) is 9.61. The number of nitrogens with zero attached hydrogens (tertiary/aromatic N) is 1. The molecule has 0 N–H and O–H groups in total. The van der Waals surface area contributed by atoms with E-state index < -0.39 is 5.38 Å². The number of ether oxygens (including phenoxy) is 1. The van der Waals surface area contributed by atoms with E-state index in [1.807, 2.05) is 89.8 Å². The number of carbonyl (C=O) groups excluding carboxylic acids is 1. The molecular weight excluding hydrogens is 402 g/mol. The van der Waals surface area contributed by atoms with Gasteiger partial charge in [-0.2, -0.15) is 0 Å². The fraction of sp³-hybridized carbons (Fsp3) is 0.208. The zero-order chi connectivity index (χ0) is 20.1. The number of carbonyl (C=O) groups is 1. The summed E-state index contributed by atoms with van der Waals surface area (Å²) in [6, 6.07) is 27.6. The van der Waals surface area contributed by atoms with E-state index in [-0.39, 0.29) is 11.3 Å². The van der Waals surface area contributed by atoms with Crippen molar-refractivity contribution in [2.24, 2.45) is 0 Å². The average Bonchev–Trinajstić information content (AvgIpc) is 3.28. The van der Waals surface area contributed by atoms with Crippen LogP contribution in [0.2, 0.25) is 0 Å². The number of hydrogen-bond acceptors (Lipinski definition) is 3. The topological polar surface area (TPSA) is 29.5 Å². The molecule has 3 aromatic rings. The second-order valence-corrected chi connectivity index (χ2v) is 8.46. The normalized spacial score (nSPS) is 17.1. The van der Waals surface area contributed by atoms with Crippen molar-refractivity contribution in [3.63, 3.8) is 0 Å². The second-order valence-electron chi connectivity index (χ2n) is 6.84. The van der Waals surface area contributed by atoms with Crippen LogP contribution in [0, 0.1) is 0 Å². The molecule has 1 aliphatic heterocycles. The minimum atomic E-state index is -0.685. The van der Waals surface area contributed by atoms with E-state index in [0.29, 0.717) is 13.2 Å². The SMILES string of the molecule is O=C(C(Cl)c1ccccc1)N1CCSC1c1ccccc1OCc1ccccc1. The van der Waals surface area contributed by atoms with E-state index in [2.05, 4.69) is 0 Å². The molecule has 148 valence electrons. The lowest BCUT2D eigenvalue weighted by molar-refractivity contribution is -0.131. The van der Waals surface area contributed by atoms with Gasteiger partial charge < -0.3 is 9.64 Å². The van der Waals surface area contributed by atoms with Crippen LogP contribution >= 0.6 is 23.4 Å². The van der Waals surface area contributed by atoms with Crippen LogP contribution in [0.5, 0.6) is 5.75 Å². The molecule has 1 heterocycles. The van der Waals surface area contributed by atoms with Crippen molar-refractivity contribution in [1.29, 1.82) is 0 Å². The first-order chi connectivity index (χ1) is 14.2. The van der Waals surface area contributed by atoms with Gasteiger partial charge in [0.15, 0.2) is 0 Å². The molecular formula is C24H22ClNO2S. The lowest BCUT2D eigenvalue weighted by atomic mass is 10.1. The predicted octanol–water partition coefficient (Wildman–Crippen LogP) is 5.82. The Balaban J connectivity index is 1.53. The smallest absolute Gasteiger partial charge is 0.246 e. The lowest BCUT2D eigenvalue weighted by Crippen LogP contribution is -2.33. The molecule has 5 heteroatoms. The number of alkyl halides is 1. The van der Waals surface area contributed by atoms with E-state index in [1.165, 1.54) is 0 Å². The van der Waals surface area contributed by atoms with Crippen molar-refractivity contribution >= 4 is 29.3 Å². The molecule has 3 nitrogen and oxygen atoms in total. The highest BCUT2D eigenvalue weighted by Gasteiger charge is 2.35. The van der Waals surface area contributed by atoms with E-state index in [9.17, 15) is 4.79 Å². The minimum absolute atomic E-state index is 0.0641. The van der Waals surface area contributed by atoms with Gasteiger partial charge in [0.1, 0.15) is 23.1 Å². The van der Waals surface area contributed by atoms with Gasteiger partial charge >= 0.3 is 0 Å². The number of amides is 1. The zero-order valence-corrected chi connectivity index (χ0v) is 17.5. The summed E-state index contributed by atoms with van der Waals surface area (Å²) in [6.07, 6.45) is 0. The fourth-order valence-corrected chi connectivity index (χ4v) is 4.97. The highest BCUT2D eigenvalue weighted by Crippen LogP contribution is 2.43. The van der Waals surface area contributed by atoms with Crippen LogP contribution in [0.1, 0.15) is 27.4 Å². The van der Waals surface area contributed by atoms with Gasteiger partial charge in [-0.1, -0.05) is 78.9 Å². The monoisotopic (exact) mass is 423 g/mol. The standard InChI is InChI=1S/C24H22ClNO2S/c25-22(19-11-5-2-6-12-19)23(27)26-15-16-29-24(26)20-13-7-8-14-21(20)28-17-18-9-3-1-4-10-18/h1-14,22,24H,15-17H2. The van der Waals surface area contributed by atoms with Crippen LogP contribution in [0.4, 0.5) is 0 Å². The van der Waals surface area contributed by atoms with E-state index in [0.717, 1.165) is 28.2 Å². The van der Waals surface area contributed by atoms with Crippen molar-refractivity contribution in [3.8, 4) is 5.75 Å². The van der Waals surface area contributed by atoms with Crippen molar-refractivity contribution in [1.82, 2.24) is 4.90 Å². The van der Waals surface area contributed by atoms with Crippen LogP contribution < -0.4 is 4.74 Å². The van der Waals surface area contributed by atoms with Crippen LogP contribution in [0.25, 0.3) is 0 Å². The third-order valence-electron chi connectivity index (χ3n) is 4.91. The van der Waals surface area contributed by atoms with Crippen LogP contribution in [-0.2, 0) is 11.4 Å². The number of benzene rings is 3. The summed E-state index contributed by atoms with van der Waals surface area (Å²) < 4.78 is 6.12. The third kappa shape index (κ3) is 4.60. The summed E-state index contributed by atoms with van der Waals surface area (Å²) in [4.78, 5) is 15.0. The number of hydrogen-bond donors (Lipinski definition) is 0. The van der Waals surface area contributed by atoms with Crippen molar-refractivity contribution in [2.45, 2.75) is 17.4 Å². The quantitative estimate of drug-likeness (QED) is 0.468. The van der Waals surface area contributed by atoms with Gasteiger partial charge in [-0.3, -0.25) is 4.79 Å². The zero-order valence-electron chi connectivity index (χ0n) is 15.9. The molecule has 1 aliphatic rings. The summed E-state index contributed by atoms with van der Waals surface area (Å²) in [5.41, 5.74) is 2.94. The van der Waals surface area contributed by atoms with Gasteiger partial charge in [0.05, 0.1) is 0 Å². The molecule has 1 fully saturated rings. The Kier molecular flexibility index (Phi) is 6.43. The van der Waals surface area contributed by atoms with Crippen molar-refractivity contribution < 1.29 is 9.53 Å². The van der Waals surface area contributed by atoms with Crippen LogP contribution in [-0.4, -0.2) is 23.1 Å². The van der Waals surface area contributed by atoms with E-state index >= 15 is 0 Å². The predicted molar refractivity (Wildman–Crippen MR) is 119 cm³/mol. The lowest BCUT2D eigenvalue weighted by Gasteiger charge is -2.27. The summed E-state index contributed by atoms with van der Waals surface area (Å²) in [7, 11) is 0. The van der Waals surface area contributed by atoms with Gasteiger partial charge in [0, 0.05) is 17.9 Å². The molecule has 4 rings (SSSR count). The van der Waals surface area contributed by atoms with Crippen molar-refractivity contribution in [3.05, 3.63) is 102 Å². The molecule has 0 saturated carbocycles. The average molecular weight is 424 g/mol. The maximum absolute atomic E-state index is 13.2. The summed E-state index contributed by atoms with van der Waals surface area (Å²) in [5, 5.41) is -0.783. The Morgan fingerprint density at radius 2 is 1.66 bits per heavy atom. The Labute approximate surface area is 180 Å². The summed E-state index contributed by atoms with van der Waals surface area (Å²) in [5.74, 6) is 1.62. The van der Waals surface area contributed by atoms with Gasteiger partial charge in [-0.15, -0.1) is 23.4 Å². The number of thioether (sulfide) groups is 1. The number of halogens is 1. The molecule has 2 unspecified atom stereocenters. The van der Waals surface area contributed by atoms with Gasteiger partial charge in [-0.25, -0.2) is 0 Å². The molecule has 0 radical (unpaired) electrons. The molecule has 1 saturated heterocycles. The maximum atomic E-state index is 13.2. The molecule has 2 atom stereocenters. The molecule has 1 amide bonds. The Bertz CT molecular complexity index is 951. The van der Waals surface area contributed by atoms with Gasteiger partial charge in [0.2, 0.25) is 5.91 Å². The van der Waals surface area contributed by atoms with Gasteiger partial charge in [0.25, 0.3) is 0 Å². The molecule has 0 spiro atoms. The fourth-order valence-electron chi connectivity index (χ4n) is 3.41. The highest BCUT2D eigenvalue weighted by molar-refractivity contribution is 7.99. The number of rotatable bonds is 6. The minimum Gasteiger partial charge on any atom is -0.489 e. The summed E-state index contributed by atoms with van der Waals surface area (Å²) in [6.45, 7) is 1.17. The number of para-hydroxylation sites is 1. The molecule has 0 aliphatic carbocycles. The highest BCUT2D eigenvalue weighted by atomic mass is 35.5. The van der Waals surface area contributed by atoms with E-state index in [1.54, 1.807) is 11.8 Å². The Morgan fingerprint density at radius 3 is 2.41 bits per heavy atom. The maximum Gasteiger partial charge on any atom is 0.246 e. The largest absolute Gasteiger partial charge is 0.489 e. The van der Waals surface area contributed by atoms with Crippen LogP contribution in [0.3, 0.4) is 0 Å². The first-order valence-corrected chi connectivity index (χ1v) is 11.1. The van der Waals surface area contributed by atoms with E-state index in [4.69, 9.17) is 16.3 Å². The van der Waals surface area contributed by atoms with Crippen LogP contribution in [0.15, 0.2) is 84.9 Å². The summed E-state index contributed by atoms with van der Waals surface area (Å²) >= 11 is 8.29. The Hall–Kier alpha value is -2.43. The first kappa shape index (κ1) is 19.9. The molecule has 0 bridgehead atoms. The van der Waals surface area contributed by atoms with Crippen molar-refractivity contribution in [2.75, 3.05) is 12.3 Å². The Morgan fingerprint density at radius 1 is 1.00 bits per heavy atom. The third-order valence-corrected chi connectivity index (χ3v) is 6.59.